The van der Waals surface area contributed by atoms with Crippen LogP contribution in [-0.4, -0.2) is 63.1 Å². The van der Waals surface area contributed by atoms with Crippen LogP contribution in [0.15, 0.2) is 54.7 Å². The Hall–Kier alpha value is -4.38. The van der Waals surface area contributed by atoms with Gasteiger partial charge in [0.25, 0.3) is 0 Å². The Bertz CT molecular complexity index is 1400. The highest BCUT2D eigenvalue weighted by molar-refractivity contribution is 5.94. The average molecular weight is 594 g/mol. The molecule has 0 saturated carbocycles. The molecular formula is C32H43N5O6. The standard InChI is InChI=1S/C32H43N5O6/c1-5-19(4)28(37-29(39)24(33)15-20-10-12-22(38)13-11-20)31(41)35-26(14-18(2)3)30(40)36-27(32(42)43)16-21-17-34-25-9-7-6-8-23(21)25/h6-13,17-19,24,26-28,34,38H,5,14-16,33H2,1-4H3,(H,35,41)(H,36,40)(H,37,39)(H,42,43). The van der Waals surface area contributed by atoms with Crippen molar-refractivity contribution in [3.05, 3.63) is 65.9 Å². The Morgan fingerprint density at radius 2 is 1.51 bits per heavy atom. The number of H-pyrrole nitrogens is 1. The molecule has 0 radical (unpaired) electrons. The number of carbonyl (C=O) groups is 4. The summed E-state index contributed by atoms with van der Waals surface area (Å²) in [5.74, 6) is -3.06. The zero-order valence-corrected chi connectivity index (χ0v) is 25.1. The minimum Gasteiger partial charge on any atom is -0.508 e. The summed E-state index contributed by atoms with van der Waals surface area (Å²) in [6.07, 6.45) is 2.81. The lowest BCUT2D eigenvalue weighted by Gasteiger charge is -2.28. The van der Waals surface area contributed by atoms with Crippen molar-refractivity contribution in [2.75, 3.05) is 0 Å². The number of aromatic nitrogens is 1. The van der Waals surface area contributed by atoms with Gasteiger partial charge in [-0.15, -0.1) is 0 Å². The predicted octanol–water partition coefficient (Wildman–Crippen LogP) is 2.62. The predicted molar refractivity (Wildman–Crippen MR) is 164 cm³/mol. The molecule has 2 aromatic carbocycles. The number of para-hydroxylation sites is 1. The van der Waals surface area contributed by atoms with Gasteiger partial charge in [0.2, 0.25) is 17.7 Å². The first-order chi connectivity index (χ1) is 20.4. The third-order valence-electron chi connectivity index (χ3n) is 7.58. The molecule has 3 rings (SSSR count). The highest BCUT2D eigenvalue weighted by Gasteiger charge is 2.33. The molecule has 0 aliphatic heterocycles. The summed E-state index contributed by atoms with van der Waals surface area (Å²) in [7, 11) is 0. The molecule has 5 unspecified atom stereocenters. The number of nitrogens with two attached hydrogens (primary N) is 1. The second kappa shape index (κ2) is 15.2. The SMILES string of the molecule is CCC(C)C(NC(=O)C(N)Cc1ccc(O)cc1)C(=O)NC(CC(C)C)C(=O)NC(Cc1c[nH]c2ccccc12)C(=O)O. The number of hydrogen-bond donors (Lipinski definition) is 7. The third-order valence-corrected chi connectivity index (χ3v) is 7.58. The number of phenols is 1. The Kier molecular flexibility index (Phi) is 11.7. The lowest BCUT2D eigenvalue weighted by atomic mass is 9.96. The van der Waals surface area contributed by atoms with Crippen LogP contribution in [0.25, 0.3) is 10.9 Å². The molecular weight excluding hydrogens is 550 g/mol. The number of carboxylic acid groups (broad SMARTS) is 1. The Balaban J connectivity index is 1.72. The van der Waals surface area contributed by atoms with Gasteiger partial charge >= 0.3 is 5.97 Å². The van der Waals surface area contributed by atoms with E-state index in [1.165, 1.54) is 12.1 Å². The molecule has 0 spiro atoms. The van der Waals surface area contributed by atoms with Crippen molar-refractivity contribution >= 4 is 34.6 Å². The van der Waals surface area contributed by atoms with Crippen LogP contribution >= 0.6 is 0 Å². The smallest absolute Gasteiger partial charge is 0.326 e. The zero-order chi connectivity index (χ0) is 31.7. The number of carbonyl (C=O) groups excluding carboxylic acids is 3. The number of hydrogen-bond acceptors (Lipinski definition) is 6. The van der Waals surface area contributed by atoms with Crippen LogP contribution in [-0.2, 0) is 32.0 Å². The van der Waals surface area contributed by atoms with Crippen LogP contribution in [0, 0.1) is 11.8 Å². The van der Waals surface area contributed by atoms with Gasteiger partial charge in [0.05, 0.1) is 6.04 Å². The van der Waals surface area contributed by atoms with Gasteiger partial charge in [-0.25, -0.2) is 4.79 Å². The minimum absolute atomic E-state index is 0.00307. The summed E-state index contributed by atoms with van der Waals surface area (Å²) in [5.41, 5.74) is 8.49. The molecule has 0 saturated heterocycles. The van der Waals surface area contributed by atoms with E-state index >= 15 is 0 Å². The van der Waals surface area contributed by atoms with E-state index in [2.05, 4.69) is 20.9 Å². The van der Waals surface area contributed by atoms with Crippen LogP contribution in [0.1, 0.15) is 51.7 Å². The molecule has 8 N–H and O–H groups in total. The summed E-state index contributed by atoms with van der Waals surface area (Å²) < 4.78 is 0. The molecule has 0 aliphatic rings. The van der Waals surface area contributed by atoms with Gasteiger partial charge in [-0.2, -0.15) is 0 Å². The molecule has 0 bridgehead atoms. The number of aromatic hydroxyl groups is 1. The van der Waals surface area contributed by atoms with Crippen LogP contribution < -0.4 is 21.7 Å². The molecule has 3 amide bonds. The summed E-state index contributed by atoms with van der Waals surface area (Å²) in [5, 5.41) is 28.4. The topological polar surface area (TPSA) is 187 Å². The van der Waals surface area contributed by atoms with Crippen molar-refractivity contribution in [2.24, 2.45) is 17.6 Å². The first-order valence-electron chi connectivity index (χ1n) is 14.6. The zero-order valence-electron chi connectivity index (χ0n) is 25.1. The van der Waals surface area contributed by atoms with Crippen molar-refractivity contribution < 1.29 is 29.4 Å². The summed E-state index contributed by atoms with van der Waals surface area (Å²) in [6.45, 7) is 7.48. The Morgan fingerprint density at radius 3 is 2.14 bits per heavy atom. The normalized spacial score (nSPS) is 14.8. The number of nitrogens with one attached hydrogen (secondary N) is 4. The van der Waals surface area contributed by atoms with E-state index < -0.39 is 47.9 Å². The van der Waals surface area contributed by atoms with Crippen molar-refractivity contribution in [3.8, 4) is 5.75 Å². The number of rotatable bonds is 15. The fraction of sp³-hybridized carbons (Fsp3) is 0.438. The van der Waals surface area contributed by atoms with Crippen LogP contribution in [0.5, 0.6) is 5.75 Å². The second-order valence-electron chi connectivity index (χ2n) is 11.5. The molecule has 11 heteroatoms. The van der Waals surface area contributed by atoms with Crippen molar-refractivity contribution in [1.29, 1.82) is 0 Å². The van der Waals surface area contributed by atoms with Gasteiger partial charge < -0.3 is 36.9 Å². The molecule has 232 valence electrons. The lowest BCUT2D eigenvalue weighted by molar-refractivity contribution is -0.142. The van der Waals surface area contributed by atoms with Crippen LogP contribution in [0.2, 0.25) is 0 Å². The van der Waals surface area contributed by atoms with Crippen LogP contribution in [0.4, 0.5) is 0 Å². The molecule has 0 fully saturated rings. The van der Waals surface area contributed by atoms with E-state index in [1.807, 2.05) is 52.0 Å². The average Bonchev–Trinajstić information content (AvgIpc) is 3.38. The number of phenolic OH excluding ortho intramolecular Hbond substituents is 1. The first kappa shape index (κ1) is 33.1. The van der Waals surface area contributed by atoms with E-state index in [1.54, 1.807) is 18.3 Å². The molecule has 43 heavy (non-hydrogen) atoms. The highest BCUT2D eigenvalue weighted by atomic mass is 16.4. The Morgan fingerprint density at radius 1 is 0.860 bits per heavy atom. The minimum atomic E-state index is -1.22. The van der Waals surface area contributed by atoms with Crippen molar-refractivity contribution in [1.82, 2.24) is 20.9 Å². The molecule has 11 nitrogen and oxygen atoms in total. The Labute approximate surface area is 251 Å². The maximum absolute atomic E-state index is 13.5. The highest BCUT2D eigenvalue weighted by Crippen LogP contribution is 2.20. The summed E-state index contributed by atoms with van der Waals surface area (Å²) in [6, 6.07) is 9.68. The number of fused-ring (bicyclic) bond motifs is 1. The van der Waals surface area contributed by atoms with Gasteiger partial charge in [-0.1, -0.05) is 64.4 Å². The van der Waals surface area contributed by atoms with Gasteiger partial charge in [0.1, 0.15) is 23.9 Å². The van der Waals surface area contributed by atoms with Crippen molar-refractivity contribution in [2.45, 2.75) is 77.5 Å². The van der Waals surface area contributed by atoms with E-state index in [9.17, 15) is 29.4 Å². The third kappa shape index (κ3) is 9.31. The first-order valence-corrected chi connectivity index (χ1v) is 14.6. The van der Waals surface area contributed by atoms with Gasteiger partial charge in [0, 0.05) is 23.5 Å². The van der Waals surface area contributed by atoms with Crippen LogP contribution in [0.3, 0.4) is 0 Å². The van der Waals surface area contributed by atoms with Gasteiger partial charge in [-0.05, 0) is 54.0 Å². The molecule has 1 aromatic heterocycles. The van der Waals surface area contributed by atoms with Gasteiger partial charge in [0.15, 0.2) is 0 Å². The summed E-state index contributed by atoms with van der Waals surface area (Å²) >= 11 is 0. The van der Waals surface area contributed by atoms with E-state index in [0.717, 1.165) is 22.0 Å². The molecule has 0 aliphatic carbocycles. The number of amides is 3. The monoisotopic (exact) mass is 593 g/mol. The molecule has 5 atom stereocenters. The largest absolute Gasteiger partial charge is 0.508 e. The van der Waals surface area contributed by atoms with Gasteiger partial charge in [-0.3, -0.25) is 14.4 Å². The lowest BCUT2D eigenvalue weighted by Crippen LogP contribution is -2.59. The van der Waals surface area contributed by atoms with E-state index in [-0.39, 0.29) is 36.8 Å². The maximum Gasteiger partial charge on any atom is 0.326 e. The number of carboxylic acids is 1. The summed E-state index contributed by atoms with van der Waals surface area (Å²) in [4.78, 5) is 55.2. The second-order valence-corrected chi connectivity index (χ2v) is 11.5. The van der Waals surface area contributed by atoms with E-state index in [0.29, 0.717) is 6.42 Å². The number of benzene rings is 2. The fourth-order valence-electron chi connectivity index (χ4n) is 4.90. The van der Waals surface area contributed by atoms with E-state index in [4.69, 9.17) is 5.73 Å². The fourth-order valence-corrected chi connectivity index (χ4v) is 4.90. The quantitative estimate of drug-likeness (QED) is 0.141. The molecule has 1 heterocycles. The maximum atomic E-state index is 13.5. The molecule has 3 aromatic rings. The van der Waals surface area contributed by atoms with Crippen molar-refractivity contribution in [3.63, 3.8) is 0 Å². The number of aliphatic carboxylic acids is 1. The number of aromatic amines is 1.